The Labute approximate surface area is 374 Å². The van der Waals surface area contributed by atoms with E-state index in [0.717, 1.165) is 31.2 Å². The van der Waals surface area contributed by atoms with Crippen LogP contribution in [0.3, 0.4) is 0 Å². The summed E-state index contributed by atoms with van der Waals surface area (Å²) in [5.41, 5.74) is 0.956. The van der Waals surface area contributed by atoms with Gasteiger partial charge < -0.3 is 38.9 Å². The van der Waals surface area contributed by atoms with Gasteiger partial charge in [-0.15, -0.1) is 0 Å². The van der Waals surface area contributed by atoms with Crippen LogP contribution in [-0.4, -0.2) is 178 Å². The Hall–Kier alpha value is -4.04. The van der Waals surface area contributed by atoms with Gasteiger partial charge in [-0.1, -0.05) is 84.7 Å². The van der Waals surface area contributed by atoms with Crippen LogP contribution in [0.15, 0.2) is 35.3 Å². The number of hydrogen-bond donors (Lipinski definition) is 0. The molecular formula is C48H83N7O7. The molecule has 14 heteroatoms. The third-order valence-electron chi connectivity index (χ3n) is 12.7. The molecule has 0 saturated carbocycles. The molecule has 1 aliphatic heterocycles. The molecule has 0 aromatic heterocycles. The molecule has 62 heavy (non-hydrogen) atoms. The van der Waals surface area contributed by atoms with Crippen LogP contribution >= 0.6 is 0 Å². The highest BCUT2D eigenvalue weighted by Crippen LogP contribution is 2.31. The largest absolute Gasteiger partial charge is 0.379 e. The number of Topliss-reactive ketones (excluding diaryl/α,β-unsaturated/α-hetero) is 1. The molecule has 1 heterocycles. The smallest absolute Gasteiger partial charge is 0.247 e. The van der Waals surface area contributed by atoms with Crippen LogP contribution in [-0.2, 0) is 39.9 Å². The maximum atomic E-state index is 14.4. The van der Waals surface area contributed by atoms with Crippen molar-refractivity contribution in [3.63, 3.8) is 0 Å². The zero-order chi connectivity index (χ0) is 46.8. The van der Waals surface area contributed by atoms with Gasteiger partial charge in [0.1, 0.15) is 11.8 Å². The summed E-state index contributed by atoms with van der Waals surface area (Å²) >= 11 is 0. The summed E-state index contributed by atoms with van der Waals surface area (Å²) in [4.78, 5) is 85.2. The maximum Gasteiger partial charge on any atom is 0.247 e. The standard InChI is InChI=1S/C48H83N7O7/c1-16-18-26-41(57)52(11)28-29-53(12)46(59)37(30-36-23-20-19-21-24-36)31-39(56)35(6)45(62-15)38-25-22-27-55(38)42(58)32-40(61-14)44(34(5)17-2)54(13)47(60)43(33(3)4)49-48(50(7)8)51(9)10/h19-21,23-24,33-35,37-38,40,43-45H,16-18,22,25-32H2,1-15H3/t34-,35-,37+,38-,40+,43-,44-,45+/m0/s1. The Morgan fingerprint density at radius 3 is 1.97 bits per heavy atom. The molecule has 1 saturated heterocycles. The number of methoxy groups -OCH3 is 2. The fourth-order valence-corrected chi connectivity index (χ4v) is 8.73. The van der Waals surface area contributed by atoms with Gasteiger partial charge in [0.25, 0.3) is 0 Å². The summed E-state index contributed by atoms with van der Waals surface area (Å²) in [5.74, 6) is -1.05. The zero-order valence-corrected chi connectivity index (χ0v) is 41.1. The number of nitrogens with zero attached hydrogens (tertiary/aromatic N) is 7. The molecule has 8 atom stereocenters. The lowest BCUT2D eigenvalue weighted by Gasteiger charge is -2.40. The summed E-state index contributed by atoms with van der Waals surface area (Å²) in [6.45, 7) is 13.3. The van der Waals surface area contributed by atoms with E-state index in [1.807, 2.05) is 101 Å². The second kappa shape index (κ2) is 26.6. The Bertz CT molecular complexity index is 1580. The molecule has 0 N–H and O–H groups in total. The Kier molecular flexibility index (Phi) is 23.2. The van der Waals surface area contributed by atoms with Gasteiger partial charge in [-0.05, 0) is 43.1 Å². The minimum absolute atomic E-state index is 0.0131. The molecule has 0 bridgehead atoms. The van der Waals surface area contributed by atoms with Crippen LogP contribution in [0.2, 0.25) is 0 Å². The number of ketones is 1. The minimum Gasteiger partial charge on any atom is -0.379 e. The number of benzene rings is 1. The molecule has 0 unspecified atom stereocenters. The van der Waals surface area contributed by atoms with E-state index in [1.54, 1.807) is 50.1 Å². The number of amides is 4. The SMILES string of the molecule is CCCCC(=O)N(C)CCN(C)C(=O)[C@@H](CC(=O)[C@H](C)[C@@H](OC)[C@@H]1CCCN1C(=O)C[C@@H](OC)[C@H]([C@@H](C)CC)N(C)C(=O)[C@@H](N=C(N(C)C)N(C)C)C(C)C)Cc1ccccc1. The Morgan fingerprint density at radius 2 is 1.44 bits per heavy atom. The first kappa shape index (κ1) is 54.1. The first-order valence-corrected chi connectivity index (χ1v) is 22.8. The van der Waals surface area contributed by atoms with E-state index < -0.39 is 36.1 Å². The lowest BCUT2D eigenvalue weighted by Crippen LogP contribution is -2.55. The number of carbonyl (C=O) groups excluding carboxylic acids is 5. The summed E-state index contributed by atoms with van der Waals surface area (Å²) in [6.07, 6.45) is 3.69. The van der Waals surface area contributed by atoms with Gasteiger partial charge in [0.05, 0.1) is 30.7 Å². The summed E-state index contributed by atoms with van der Waals surface area (Å²) in [7, 11) is 16.1. The number of hydrogen-bond acceptors (Lipinski definition) is 8. The highest BCUT2D eigenvalue weighted by molar-refractivity contribution is 5.89. The number of unbranched alkanes of at least 4 members (excludes halogenated alkanes) is 1. The molecule has 1 aromatic carbocycles. The van der Waals surface area contributed by atoms with Crippen molar-refractivity contribution in [2.45, 2.75) is 130 Å². The molecule has 14 nitrogen and oxygen atoms in total. The average molecular weight is 870 g/mol. The van der Waals surface area contributed by atoms with E-state index >= 15 is 0 Å². The quantitative estimate of drug-likeness (QED) is 0.0944. The number of guanidine groups is 1. The molecule has 4 amide bonds. The predicted octanol–water partition coefficient (Wildman–Crippen LogP) is 5.34. The molecule has 1 aliphatic rings. The van der Waals surface area contributed by atoms with Gasteiger partial charge in [0.15, 0.2) is 5.96 Å². The average Bonchev–Trinajstić information content (AvgIpc) is 3.73. The van der Waals surface area contributed by atoms with E-state index in [9.17, 15) is 24.0 Å². The van der Waals surface area contributed by atoms with Crippen molar-refractivity contribution in [2.24, 2.45) is 28.7 Å². The van der Waals surface area contributed by atoms with Gasteiger partial charge in [0.2, 0.25) is 23.6 Å². The maximum absolute atomic E-state index is 14.4. The second-order valence-corrected chi connectivity index (χ2v) is 18.2. The van der Waals surface area contributed by atoms with Crippen LogP contribution < -0.4 is 0 Å². The zero-order valence-electron chi connectivity index (χ0n) is 41.1. The molecule has 352 valence electrons. The monoisotopic (exact) mass is 870 g/mol. The molecule has 2 rings (SSSR count). The van der Waals surface area contributed by atoms with E-state index in [4.69, 9.17) is 14.5 Å². The van der Waals surface area contributed by atoms with E-state index in [0.29, 0.717) is 44.9 Å². The topological polar surface area (TPSA) is 136 Å². The first-order valence-electron chi connectivity index (χ1n) is 22.8. The number of aliphatic imine (C=N–C) groups is 1. The minimum atomic E-state index is -0.639. The fourth-order valence-electron chi connectivity index (χ4n) is 8.73. The third-order valence-corrected chi connectivity index (χ3v) is 12.7. The highest BCUT2D eigenvalue weighted by Gasteiger charge is 2.43. The fraction of sp³-hybridized carbons (Fsp3) is 0.750. The van der Waals surface area contributed by atoms with Crippen molar-refractivity contribution in [1.82, 2.24) is 29.4 Å². The van der Waals surface area contributed by atoms with Gasteiger partial charge in [-0.25, -0.2) is 4.99 Å². The molecule has 1 aromatic rings. The van der Waals surface area contributed by atoms with Crippen molar-refractivity contribution in [3.05, 3.63) is 35.9 Å². The van der Waals surface area contributed by atoms with Crippen LogP contribution in [0, 0.1) is 23.7 Å². The lowest BCUT2D eigenvalue weighted by atomic mass is 9.85. The molecule has 0 spiro atoms. The van der Waals surface area contributed by atoms with E-state index in [2.05, 4.69) is 13.8 Å². The molecule has 1 fully saturated rings. The molecule has 0 radical (unpaired) electrons. The van der Waals surface area contributed by atoms with Gasteiger partial charge in [-0.3, -0.25) is 24.0 Å². The summed E-state index contributed by atoms with van der Waals surface area (Å²) < 4.78 is 12.2. The van der Waals surface area contributed by atoms with Crippen LogP contribution in [0.5, 0.6) is 0 Å². The van der Waals surface area contributed by atoms with Crippen molar-refractivity contribution in [3.8, 4) is 0 Å². The van der Waals surface area contributed by atoms with Crippen molar-refractivity contribution < 1.29 is 33.4 Å². The normalized spacial score (nSPS) is 17.3. The van der Waals surface area contributed by atoms with Crippen molar-refractivity contribution in [2.75, 3.05) is 83.2 Å². The lowest BCUT2D eigenvalue weighted by molar-refractivity contribution is -0.146. The van der Waals surface area contributed by atoms with Crippen LogP contribution in [0.4, 0.5) is 0 Å². The van der Waals surface area contributed by atoms with Gasteiger partial charge in [0, 0.05) is 108 Å². The van der Waals surface area contributed by atoms with E-state index in [1.165, 1.54) is 0 Å². The third kappa shape index (κ3) is 15.3. The number of carbonyl (C=O) groups is 5. The van der Waals surface area contributed by atoms with E-state index in [-0.39, 0.29) is 60.1 Å². The molecule has 0 aliphatic carbocycles. The van der Waals surface area contributed by atoms with Crippen LogP contribution in [0.1, 0.15) is 98.5 Å². The van der Waals surface area contributed by atoms with Crippen molar-refractivity contribution in [1.29, 1.82) is 0 Å². The van der Waals surface area contributed by atoms with Gasteiger partial charge in [-0.2, -0.15) is 0 Å². The summed E-state index contributed by atoms with van der Waals surface area (Å²) in [6, 6.07) is 8.30. The number of rotatable bonds is 25. The van der Waals surface area contributed by atoms with Gasteiger partial charge >= 0.3 is 0 Å². The predicted molar refractivity (Wildman–Crippen MR) is 248 cm³/mol. The molecular weight excluding hydrogens is 787 g/mol. The number of ether oxygens (including phenoxy) is 2. The summed E-state index contributed by atoms with van der Waals surface area (Å²) in [5, 5.41) is 0. The van der Waals surface area contributed by atoms with Crippen LogP contribution in [0.25, 0.3) is 0 Å². The van der Waals surface area contributed by atoms with Crippen molar-refractivity contribution >= 4 is 35.4 Å². The highest BCUT2D eigenvalue weighted by atomic mass is 16.5. The first-order chi connectivity index (χ1) is 29.2. The number of likely N-dealkylation sites (tertiary alicyclic amines) is 1. The second-order valence-electron chi connectivity index (χ2n) is 18.2. The Balaban J connectivity index is 2.33. The number of likely N-dealkylation sites (N-methyl/N-ethyl adjacent to an activating group) is 3. The Morgan fingerprint density at radius 1 is 0.823 bits per heavy atom.